The molecule has 3 nitrogen and oxygen atoms in total. The fraction of sp³-hybridized carbons (Fsp3) is 0.250. The monoisotopic (exact) mass is 272 g/mol. The predicted molar refractivity (Wildman–Crippen MR) is 69.1 cm³/mol. The molecule has 5 heteroatoms. The van der Waals surface area contributed by atoms with Crippen molar-refractivity contribution in [2.75, 3.05) is 6.26 Å². The number of carbonyl (C=O) groups is 1. The Kier molecular flexibility index (Phi) is 4.11. The van der Waals surface area contributed by atoms with E-state index in [1.165, 1.54) is 12.1 Å². The van der Waals surface area contributed by atoms with E-state index in [0.717, 1.165) is 11.8 Å². The van der Waals surface area contributed by atoms with Gasteiger partial charge in [0.15, 0.2) is 9.84 Å². The van der Waals surface area contributed by atoms with Gasteiger partial charge in [0.2, 0.25) is 0 Å². The summed E-state index contributed by atoms with van der Waals surface area (Å²) in [6, 6.07) is 4.43. The molecule has 92 valence electrons. The van der Waals surface area contributed by atoms with Crippen LogP contribution in [0.25, 0.3) is 5.57 Å². The molecule has 0 fully saturated rings. The Hall–Kier alpha value is -1.13. The highest BCUT2D eigenvalue weighted by molar-refractivity contribution is 7.90. The van der Waals surface area contributed by atoms with E-state index in [9.17, 15) is 13.2 Å². The summed E-state index contributed by atoms with van der Waals surface area (Å²) in [4.78, 5) is 11.2. The zero-order valence-electron chi connectivity index (χ0n) is 9.82. The van der Waals surface area contributed by atoms with Gasteiger partial charge in [0.05, 0.1) is 4.90 Å². The van der Waals surface area contributed by atoms with E-state index in [1.807, 2.05) is 19.9 Å². The number of allylic oxidation sites excluding steroid dienone is 2. The number of carbonyl (C=O) groups excluding carboxylic acids is 1. The van der Waals surface area contributed by atoms with E-state index in [-0.39, 0.29) is 10.5 Å². The molecule has 0 aliphatic rings. The maximum absolute atomic E-state index is 11.7. The van der Waals surface area contributed by atoms with Crippen molar-refractivity contribution in [1.82, 2.24) is 0 Å². The second-order valence-electron chi connectivity index (χ2n) is 3.73. The topological polar surface area (TPSA) is 51.2 Å². The lowest BCUT2D eigenvalue weighted by Gasteiger charge is -2.09. The first-order valence-corrected chi connectivity index (χ1v) is 7.21. The summed E-state index contributed by atoms with van der Waals surface area (Å²) in [6.07, 6.45) is 2.92. The van der Waals surface area contributed by atoms with Crippen molar-refractivity contribution in [2.45, 2.75) is 18.7 Å². The van der Waals surface area contributed by atoms with Crippen LogP contribution in [0.5, 0.6) is 0 Å². The minimum atomic E-state index is -3.40. The molecule has 0 radical (unpaired) electrons. The largest absolute Gasteiger partial charge is 0.276 e. The molecule has 0 aliphatic heterocycles. The summed E-state index contributed by atoms with van der Waals surface area (Å²) >= 11 is 5.34. The third kappa shape index (κ3) is 3.17. The second-order valence-corrected chi connectivity index (χ2v) is 6.06. The fourth-order valence-electron chi connectivity index (χ4n) is 1.43. The molecule has 0 spiro atoms. The smallest absolute Gasteiger partial charge is 0.252 e. The number of halogens is 1. The molecule has 0 saturated heterocycles. The minimum Gasteiger partial charge on any atom is -0.276 e. The lowest BCUT2D eigenvalue weighted by atomic mass is 10.1. The number of benzene rings is 1. The molecule has 1 rings (SSSR count). The van der Waals surface area contributed by atoms with Crippen molar-refractivity contribution < 1.29 is 13.2 Å². The normalized spacial score (nSPS) is 12.6. The summed E-state index contributed by atoms with van der Waals surface area (Å²) in [5, 5.41) is -0.667. The van der Waals surface area contributed by atoms with Gasteiger partial charge >= 0.3 is 0 Å². The standard InChI is InChI=1S/C12H13ClO3S/c1-4-8(2)10-6-5-9(12(13)14)7-11(10)17(3,15)16/h4-7H,1-3H3/b8-4-. The molecule has 1 aromatic carbocycles. The average molecular weight is 273 g/mol. The number of sulfone groups is 1. The van der Waals surface area contributed by atoms with E-state index in [0.29, 0.717) is 5.56 Å². The maximum atomic E-state index is 11.7. The van der Waals surface area contributed by atoms with Crippen molar-refractivity contribution >= 4 is 32.3 Å². The molecular formula is C12H13ClO3S. The SMILES string of the molecule is C/C=C(/C)c1ccc(C(=O)Cl)cc1S(C)(=O)=O. The Balaban J connectivity index is 3.60. The average Bonchev–Trinajstić information content (AvgIpc) is 2.26. The van der Waals surface area contributed by atoms with E-state index < -0.39 is 15.1 Å². The Labute approximate surface area is 106 Å². The summed E-state index contributed by atoms with van der Waals surface area (Å²) < 4.78 is 23.3. The van der Waals surface area contributed by atoms with Gasteiger partial charge in [-0.1, -0.05) is 12.1 Å². The highest BCUT2D eigenvalue weighted by atomic mass is 35.5. The van der Waals surface area contributed by atoms with Crippen LogP contribution in [0.4, 0.5) is 0 Å². The quantitative estimate of drug-likeness (QED) is 0.795. The van der Waals surface area contributed by atoms with Gasteiger partial charge in [0, 0.05) is 11.8 Å². The van der Waals surface area contributed by atoms with Gasteiger partial charge in [0.1, 0.15) is 0 Å². The van der Waals surface area contributed by atoms with Gasteiger partial charge in [-0.2, -0.15) is 0 Å². The Morgan fingerprint density at radius 2 is 1.94 bits per heavy atom. The van der Waals surface area contributed by atoms with Crippen LogP contribution >= 0.6 is 11.6 Å². The molecule has 0 N–H and O–H groups in total. The number of hydrogen-bond donors (Lipinski definition) is 0. The zero-order valence-corrected chi connectivity index (χ0v) is 11.4. The molecule has 0 saturated carbocycles. The van der Waals surface area contributed by atoms with E-state index >= 15 is 0 Å². The summed E-state index contributed by atoms with van der Waals surface area (Å²) in [5.41, 5.74) is 1.61. The highest BCUT2D eigenvalue weighted by Crippen LogP contribution is 2.25. The molecule has 17 heavy (non-hydrogen) atoms. The zero-order chi connectivity index (χ0) is 13.2. The van der Waals surface area contributed by atoms with Crippen LogP contribution < -0.4 is 0 Å². The van der Waals surface area contributed by atoms with Crippen molar-refractivity contribution in [3.63, 3.8) is 0 Å². The minimum absolute atomic E-state index is 0.125. The third-order valence-electron chi connectivity index (χ3n) is 2.47. The molecular weight excluding hydrogens is 260 g/mol. The first-order chi connectivity index (χ1) is 7.77. The maximum Gasteiger partial charge on any atom is 0.252 e. The molecule has 0 aliphatic carbocycles. The van der Waals surface area contributed by atoms with Crippen LogP contribution in [0.2, 0.25) is 0 Å². The first-order valence-electron chi connectivity index (χ1n) is 4.94. The molecule has 0 atom stereocenters. The molecule has 0 amide bonds. The third-order valence-corrected chi connectivity index (χ3v) is 3.82. The van der Waals surface area contributed by atoms with E-state index in [4.69, 9.17) is 11.6 Å². The lowest BCUT2D eigenvalue weighted by molar-refractivity contribution is 0.108. The van der Waals surface area contributed by atoms with Crippen molar-refractivity contribution in [2.24, 2.45) is 0 Å². The molecule has 0 heterocycles. The van der Waals surface area contributed by atoms with Crippen molar-refractivity contribution in [1.29, 1.82) is 0 Å². The van der Waals surface area contributed by atoms with Gasteiger partial charge in [-0.25, -0.2) is 8.42 Å². The van der Waals surface area contributed by atoms with E-state index in [2.05, 4.69) is 0 Å². The van der Waals surface area contributed by atoms with Crippen LogP contribution in [-0.4, -0.2) is 19.9 Å². The van der Waals surface area contributed by atoms with Gasteiger partial charge in [-0.3, -0.25) is 4.79 Å². The Morgan fingerprint density at radius 3 is 2.35 bits per heavy atom. The first kappa shape index (κ1) is 13.9. The Morgan fingerprint density at radius 1 is 1.35 bits per heavy atom. The fourth-order valence-corrected chi connectivity index (χ4v) is 2.52. The summed E-state index contributed by atoms with van der Waals surface area (Å²) in [7, 11) is -3.40. The van der Waals surface area contributed by atoms with Crippen molar-refractivity contribution in [3.8, 4) is 0 Å². The lowest BCUT2D eigenvalue weighted by Crippen LogP contribution is -2.03. The van der Waals surface area contributed by atoms with Gasteiger partial charge in [-0.05, 0) is 48.7 Å². The number of rotatable bonds is 3. The van der Waals surface area contributed by atoms with Crippen LogP contribution in [0.1, 0.15) is 29.8 Å². The van der Waals surface area contributed by atoms with Gasteiger partial charge in [-0.15, -0.1) is 0 Å². The Bertz CT molecular complexity index is 586. The molecule has 0 aromatic heterocycles. The molecule has 1 aromatic rings. The summed E-state index contributed by atoms with van der Waals surface area (Å²) in [5.74, 6) is 0. The molecule has 0 unspecified atom stereocenters. The predicted octanol–water partition coefficient (Wildman–Crippen LogP) is 2.89. The van der Waals surface area contributed by atoms with Crippen LogP contribution in [0.3, 0.4) is 0 Å². The van der Waals surface area contributed by atoms with Gasteiger partial charge < -0.3 is 0 Å². The van der Waals surface area contributed by atoms with Crippen LogP contribution in [0, 0.1) is 0 Å². The van der Waals surface area contributed by atoms with Crippen LogP contribution in [-0.2, 0) is 9.84 Å². The van der Waals surface area contributed by atoms with Crippen molar-refractivity contribution in [3.05, 3.63) is 35.4 Å². The second kappa shape index (κ2) is 5.02. The summed E-state index contributed by atoms with van der Waals surface area (Å²) in [6.45, 7) is 3.63. The number of hydrogen-bond acceptors (Lipinski definition) is 3. The van der Waals surface area contributed by atoms with E-state index in [1.54, 1.807) is 6.07 Å². The van der Waals surface area contributed by atoms with Crippen LogP contribution in [0.15, 0.2) is 29.2 Å². The molecule has 0 bridgehead atoms. The van der Waals surface area contributed by atoms with Gasteiger partial charge in [0.25, 0.3) is 5.24 Å². The highest BCUT2D eigenvalue weighted by Gasteiger charge is 2.16.